The number of nitro benzene ring substituents is 1. The Labute approximate surface area is 145 Å². The van der Waals surface area contributed by atoms with E-state index in [-0.39, 0.29) is 5.69 Å². The molecule has 0 saturated heterocycles. The van der Waals surface area contributed by atoms with E-state index in [2.05, 4.69) is 20.4 Å². The van der Waals surface area contributed by atoms with Crippen LogP contribution in [-0.2, 0) is 0 Å². The third-order valence-corrected chi connectivity index (χ3v) is 4.48. The zero-order valence-electron chi connectivity index (χ0n) is 13.1. The number of imidazole rings is 1. The smallest absolute Gasteiger partial charge is 0.271 e. The van der Waals surface area contributed by atoms with Crippen molar-refractivity contribution in [3.05, 3.63) is 63.8 Å². The van der Waals surface area contributed by atoms with Gasteiger partial charge in [0.25, 0.3) is 5.69 Å². The summed E-state index contributed by atoms with van der Waals surface area (Å²) in [5, 5.41) is 20.9. The first-order chi connectivity index (χ1) is 12.1. The highest BCUT2D eigenvalue weighted by Gasteiger charge is 2.13. The highest BCUT2D eigenvalue weighted by molar-refractivity contribution is 7.14. The molecule has 0 saturated carbocycles. The number of hydrogen-bond acceptors (Lipinski definition) is 7. The lowest BCUT2D eigenvalue weighted by molar-refractivity contribution is -0.384. The fourth-order valence-corrected chi connectivity index (χ4v) is 3.14. The van der Waals surface area contributed by atoms with Crippen LogP contribution >= 0.6 is 11.3 Å². The molecule has 1 aromatic carbocycles. The van der Waals surface area contributed by atoms with E-state index in [9.17, 15) is 10.1 Å². The van der Waals surface area contributed by atoms with Crippen molar-refractivity contribution < 1.29 is 4.92 Å². The first kappa shape index (κ1) is 15.2. The quantitative estimate of drug-likeness (QED) is 0.443. The second-order valence-electron chi connectivity index (χ2n) is 5.36. The minimum absolute atomic E-state index is 0.0378. The van der Waals surface area contributed by atoms with Gasteiger partial charge in [-0.15, -0.1) is 11.3 Å². The molecule has 3 heterocycles. The molecular weight excluding hydrogens is 340 g/mol. The third-order valence-electron chi connectivity index (χ3n) is 3.72. The molecule has 4 aromatic rings. The molecular formula is C16H12N6O2S. The number of benzene rings is 1. The predicted octanol–water partition coefficient (Wildman–Crippen LogP) is 3.81. The number of non-ortho nitro benzene ring substituents is 1. The van der Waals surface area contributed by atoms with E-state index in [1.165, 1.54) is 23.5 Å². The van der Waals surface area contributed by atoms with Gasteiger partial charge in [-0.05, 0) is 24.6 Å². The first-order valence-electron chi connectivity index (χ1n) is 7.38. The Morgan fingerprint density at radius 2 is 2.20 bits per heavy atom. The van der Waals surface area contributed by atoms with Crippen molar-refractivity contribution >= 4 is 33.5 Å². The highest BCUT2D eigenvalue weighted by Crippen LogP contribution is 2.30. The molecule has 0 atom stereocenters. The summed E-state index contributed by atoms with van der Waals surface area (Å²) in [5.74, 6) is 0. The van der Waals surface area contributed by atoms with Gasteiger partial charge in [0.05, 0.1) is 16.8 Å². The number of nitrogens with one attached hydrogen (secondary N) is 1. The van der Waals surface area contributed by atoms with Crippen molar-refractivity contribution in [2.75, 3.05) is 5.32 Å². The number of rotatable bonds is 4. The summed E-state index contributed by atoms with van der Waals surface area (Å²) in [6, 6.07) is 8.40. The Kier molecular flexibility index (Phi) is 3.62. The minimum atomic E-state index is -0.415. The molecule has 0 aliphatic heterocycles. The maximum absolute atomic E-state index is 10.9. The van der Waals surface area contributed by atoms with Gasteiger partial charge in [-0.25, -0.2) is 14.5 Å². The number of aryl methyl sites for hydroxylation is 1. The van der Waals surface area contributed by atoms with E-state index < -0.39 is 4.92 Å². The summed E-state index contributed by atoms with van der Waals surface area (Å²) < 4.78 is 1.72. The third kappa shape index (κ3) is 2.81. The largest absolute Gasteiger partial charge is 0.331 e. The van der Waals surface area contributed by atoms with Gasteiger partial charge >= 0.3 is 0 Å². The lowest BCUT2D eigenvalue weighted by Gasteiger charge is -2.06. The van der Waals surface area contributed by atoms with Crippen LogP contribution in [0.5, 0.6) is 0 Å². The number of thiazole rings is 1. The van der Waals surface area contributed by atoms with Crippen molar-refractivity contribution in [1.82, 2.24) is 19.6 Å². The van der Waals surface area contributed by atoms with E-state index in [4.69, 9.17) is 0 Å². The van der Waals surface area contributed by atoms with Crippen molar-refractivity contribution in [2.45, 2.75) is 6.92 Å². The van der Waals surface area contributed by atoms with E-state index in [0.717, 1.165) is 22.6 Å². The minimum Gasteiger partial charge on any atom is -0.331 e. The molecule has 124 valence electrons. The molecule has 4 rings (SSSR count). The summed E-state index contributed by atoms with van der Waals surface area (Å²) in [7, 11) is 0. The zero-order chi connectivity index (χ0) is 17.4. The second-order valence-corrected chi connectivity index (χ2v) is 6.21. The predicted molar refractivity (Wildman–Crippen MR) is 95.2 cm³/mol. The molecule has 0 bridgehead atoms. The zero-order valence-corrected chi connectivity index (χ0v) is 13.9. The molecule has 8 nitrogen and oxygen atoms in total. The molecule has 0 aliphatic carbocycles. The standard InChI is InChI=1S/C16H12N6O2S/c1-10-4-5-11(22(23)24)7-12(10)19-16-20-13(9-25-16)14-8-17-15-3-2-6-18-21(14)15/h2-9H,1H3,(H,19,20). The van der Waals surface area contributed by atoms with Gasteiger partial charge in [0.1, 0.15) is 11.4 Å². The second kappa shape index (κ2) is 5.95. The molecule has 0 aliphatic rings. The van der Waals surface area contributed by atoms with Gasteiger partial charge in [-0.1, -0.05) is 6.07 Å². The number of nitrogens with zero attached hydrogens (tertiary/aromatic N) is 5. The number of fused-ring (bicyclic) bond motifs is 1. The van der Waals surface area contributed by atoms with Crippen molar-refractivity contribution in [3.8, 4) is 11.4 Å². The summed E-state index contributed by atoms with van der Waals surface area (Å²) in [6.45, 7) is 1.88. The fraction of sp³-hybridized carbons (Fsp3) is 0.0625. The van der Waals surface area contributed by atoms with E-state index in [1.807, 2.05) is 24.4 Å². The summed E-state index contributed by atoms with van der Waals surface area (Å²) in [4.78, 5) is 19.4. The van der Waals surface area contributed by atoms with Crippen LogP contribution in [0.2, 0.25) is 0 Å². The van der Waals surface area contributed by atoms with E-state index in [0.29, 0.717) is 10.8 Å². The lowest BCUT2D eigenvalue weighted by Crippen LogP contribution is -1.96. The molecule has 25 heavy (non-hydrogen) atoms. The molecule has 3 aromatic heterocycles. The summed E-state index contributed by atoms with van der Waals surface area (Å²) in [5.41, 5.74) is 3.87. The average Bonchev–Trinajstić information content (AvgIpc) is 3.23. The average molecular weight is 352 g/mol. The molecule has 0 unspecified atom stereocenters. The number of hydrogen-bond donors (Lipinski definition) is 1. The first-order valence-corrected chi connectivity index (χ1v) is 8.26. The number of aromatic nitrogens is 4. The van der Waals surface area contributed by atoms with Crippen LogP contribution in [0.1, 0.15) is 5.56 Å². The van der Waals surface area contributed by atoms with Crippen molar-refractivity contribution in [1.29, 1.82) is 0 Å². The van der Waals surface area contributed by atoms with Crippen molar-refractivity contribution in [3.63, 3.8) is 0 Å². The van der Waals surface area contributed by atoms with Gasteiger partial charge < -0.3 is 5.32 Å². The summed E-state index contributed by atoms with van der Waals surface area (Å²) >= 11 is 1.41. The van der Waals surface area contributed by atoms with Crippen LogP contribution in [0.4, 0.5) is 16.5 Å². The Balaban J connectivity index is 1.66. The van der Waals surface area contributed by atoms with E-state index in [1.54, 1.807) is 23.0 Å². The number of anilines is 2. The maximum atomic E-state index is 10.9. The normalized spacial score (nSPS) is 10.9. The Hall–Kier alpha value is -3.33. The van der Waals surface area contributed by atoms with Crippen LogP contribution in [0.3, 0.4) is 0 Å². The molecule has 0 radical (unpaired) electrons. The van der Waals surface area contributed by atoms with Crippen LogP contribution in [0.25, 0.3) is 17.0 Å². The SMILES string of the molecule is Cc1ccc([N+](=O)[O-])cc1Nc1nc(-c2cnc3cccnn23)cs1. The van der Waals surface area contributed by atoms with Crippen LogP contribution in [0, 0.1) is 17.0 Å². The summed E-state index contributed by atoms with van der Waals surface area (Å²) in [6.07, 6.45) is 3.41. The topological polar surface area (TPSA) is 98.2 Å². The van der Waals surface area contributed by atoms with Gasteiger partial charge in [0.15, 0.2) is 10.8 Å². The molecule has 9 heteroatoms. The highest BCUT2D eigenvalue weighted by atomic mass is 32.1. The molecule has 0 spiro atoms. The van der Waals surface area contributed by atoms with Gasteiger partial charge in [-0.2, -0.15) is 5.10 Å². The fourth-order valence-electron chi connectivity index (χ4n) is 2.43. The van der Waals surface area contributed by atoms with Gasteiger partial charge in [-0.3, -0.25) is 10.1 Å². The van der Waals surface area contributed by atoms with Crippen LogP contribution in [-0.4, -0.2) is 24.5 Å². The molecule has 0 fully saturated rings. The monoisotopic (exact) mass is 352 g/mol. The van der Waals surface area contributed by atoms with Crippen LogP contribution < -0.4 is 5.32 Å². The Morgan fingerprint density at radius 3 is 3.04 bits per heavy atom. The Morgan fingerprint density at radius 1 is 1.32 bits per heavy atom. The molecule has 0 amide bonds. The van der Waals surface area contributed by atoms with Gasteiger partial charge in [0.2, 0.25) is 0 Å². The lowest BCUT2D eigenvalue weighted by atomic mass is 10.2. The van der Waals surface area contributed by atoms with E-state index >= 15 is 0 Å². The Bertz CT molecular complexity index is 1090. The van der Waals surface area contributed by atoms with Crippen LogP contribution in [0.15, 0.2) is 48.1 Å². The maximum Gasteiger partial charge on any atom is 0.271 e. The number of nitro groups is 1. The molecule has 1 N–H and O–H groups in total. The van der Waals surface area contributed by atoms with Gasteiger partial charge in [0, 0.05) is 23.7 Å². The van der Waals surface area contributed by atoms with Crippen molar-refractivity contribution in [2.24, 2.45) is 0 Å².